The molecule has 29 heavy (non-hydrogen) atoms. The zero-order valence-corrected chi connectivity index (χ0v) is 17.1. The highest BCUT2D eigenvalue weighted by Gasteiger charge is 2.42. The molecular weight excluding hydrogens is 368 g/mol. The third-order valence-corrected chi connectivity index (χ3v) is 6.60. The Balaban J connectivity index is 1.34. The van der Waals surface area contributed by atoms with Crippen LogP contribution < -0.4 is 10.6 Å². The zero-order chi connectivity index (χ0) is 20.4. The van der Waals surface area contributed by atoms with E-state index in [1.165, 1.54) is 0 Å². The third kappa shape index (κ3) is 4.38. The summed E-state index contributed by atoms with van der Waals surface area (Å²) in [5, 5.41) is 5.84. The van der Waals surface area contributed by atoms with Crippen LogP contribution in [-0.2, 0) is 4.79 Å². The second kappa shape index (κ2) is 8.05. The van der Waals surface area contributed by atoms with Gasteiger partial charge in [-0.15, -0.1) is 0 Å². The molecule has 4 amide bonds. The number of rotatable bonds is 2. The van der Waals surface area contributed by atoms with Crippen molar-refractivity contribution in [2.75, 3.05) is 38.0 Å². The van der Waals surface area contributed by atoms with Crippen LogP contribution in [0.5, 0.6) is 0 Å². The monoisotopic (exact) mass is 398 g/mol. The van der Waals surface area contributed by atoms with Crippen LogP contribution in [0.15, 0.2) is 24.3 Å². The molecular formula is C22H30N4O3. The van der Waals surface area contributed by atoms with Gasteiger partial charge in [0, 0.05) is 55.8 Å². The first kappa shape index (κ1) is 19.7. The lowest BCUT2D eigenvalue weighted by Gasteiger charge is -2.39. The molecule has 1 spiro atoms. The smallest absolute Gasteiger partial charge is 0.321 e. The van der Waals surface area contributed by atoms with Crippen LogP contribution in [0.3, 0.4) is 0 Å². The summed E-state index contributed by atoms with van der Waals surface area (Å²) < 4.78 is 0. The number of piperidine rings is 2. The number of benzene rings is 1. The zero-order valence-electron chi connectivity index (χ0n) is 17.1. The van der Waals surface area contributed by atoms with E-state index in [4.69, 9.17) is 0 Å². The number of likely N-dealkylation sites (tertiary alicyclic amines) is 2. The molecule has 156 valence electrons. The van der Waals surface area contributed by atoms with Crippen LogP contribution >= 0.6 is 0 Å². The van der Waals surface area contributed by atoms with Gasteiger partial charge in [0.05, 0.1) is 0 Å². The molecule has 3 saturated heterocycles. The first-order valence-corrected chi connectivity index (χ1v) is 10.7. The average molecular weight is 399 g/mol. The molecule has 0 unspecified atom stereocenters. The number of anilines is 1. The molecule has 7 heteroatoms. The van der Waals surface area contributed by atoms with E-state index in [0.717, 1.165) is 38.8 Å². The predicted molar refractivity (Wildman–Crippen MR) is 111 cm³/mol. The van der Waals surface area contributed by atoms with E-state index in [1.54, 1.807) is 29.2 Å². The average Bonchev–Trinajstić information content (AvgIpc) is 3.08. The fraction of sp³-hybridized carbons (Fsp3) is 0.591. The van der Waals surface area contributed by atoms with Gasteiger partial charge in [-0.05, 0) is 55.9 Å². The topological polar surface area (TPSA) is 81.8 Å². The number of urea groups is 1. The lowest BCUT2D eigenvalue weighted by atomic mass is 9.79. The molecule has 1 aromatic rings. The Hall–Kier alpha value is -2.57. The third-order valence-electron chi connectivity index (χ3n) is 6.60. The second-order valence-electron chi connectivity index (χ2n) is 8.96. The number of hydrogen-bond acceptors (Lipinski definition) is 3. The van der Waals surface area contributed by atoms with Gasteiger partial charge in [-0.3, -0.25) is 9.59 Å². The van der Waals surface area contributed by atoms with Gasteiger partial charge in [-0.25, -0.2) is 4.79 Å². The molecule has 3 fully saturated rings. The molecule has 3 aliphatic rings. The van der Waals surface area contributed by atoms with Gasteiger partial charge in [0.1, 0.15) is 0 Å². The van der Waals surface area contributed by atoms with Crippen molar-refractivity contribution in [1.82, 2.24) is 15.1 Å². The Kier molecular flexibility index (Phi) is 5.48. The largest absolute Gasteiger partial charge is 0.355 e. The van der Waals surface area contributed by atoms with Crippen molar-refractivity contribution in [2.24, 2.45) is 11.3 Å². The highest BCUT2D eigenvalue weighted by Crippen LogP contribution is 2.36. The Bertz CT molecular complexity index is 786. The minimum Gasteiger partial charge on any atom is -0.355 e. The number of amides is 4. The lowest BCUT2D eigenvalue weighted by molar-refractivity contribution is -0.119. The molecule has 3 heterocycles. The van der Waals surface area contributed by atoms with Crippen LogP contribution in [0.2, 0.25) is 0 Å². The van der Waals surface area contributed by atoms with Crippen LogP contribution in [-0.4, -0.2) is 60.4 Å². The molecule has 0 saturated carbocycles. The number of hydrogen-bond donors (Lipinski definition) is 2. The molecule has 1 aromatic carbocycles. The van der Waals surface area contributed by atoms with Crippen molar-refractivity contribution in [1.29, 1.82) is 0 Å². The molecule has 0 aromatic heterocycles. The molecule has 3 aliphatic heterocycles. The van der Waals surface area contributed by atoms with Crippen molar-refractivity contribution in [3.05, 3.63) is 29.8 Å². The summed E-state index contributed by atoms with van der Waals surface area (Å²) >= 11 is 0. The number of carbonyl (C=O) groups is 3. The maximum absolute atomic E-state index is 12.7. The van der Waals surface area contributed by atoms with Gasteiger partial charge in [0.15, 0.2) is 0 Å². The van der Waals surface area contributed by atoms with Gasteiger partial charge >= 0.3 is 6.03 Å². The van der Waals surface area contributed by atoms with E-state index in [-0.39, 0.29) is 23.3 Å². The maximum atomic E-state index is 12.7. The number of nitrogens with one attached hydrogen (secondary N) is 2. The van der Waals surface area contributed by atoms with Gasteiger partial charge in [0.25, 0.3) is 5.91 Å². The Labute approximate surface area is 171 Å². The molecule has 4 rings (SSSR count). The summed E-state index contributed by atoms with van der Waals surface area (Å²) in [6.45, 7) is 5.80. The number of nitrogens with zero attached hydrogens (tertiary/aromatic N) is 2. The summed E-state index contributed by atoms with van der Waals surface area (Å²) in [5.41, 5.74) is 1.22. The lowest BCUT2D eigenvalue weighted by Crippen LogP contribution is -2.48. The molecule has 0 bridgehead atoms. The van der Waals surface area contributed by atoms with E-state index in [0.29, 0.717) is 43.2 Å². The molecule has 7 nitrogen and oxygen atoms in total. The highest BCUT2D eigenvalue weighted by molar-refractivity contribution is 5.95. The normalized spacial score (nSPS) is 25.2. The molecule has 1 atom stereocenters. The van der Waals surface area contributed by atoms with E-state index in [1.807, 2.05) is 4.90 Å². The molecule has 0 aliphatic carbocycles. The van der Waals surface area contributed by atoms with Crippen molar-refractivity contribution in [3.8, 4) is 0 Å². The van der Waals surface area contributed by atoms with Gasteiger partial charge in [0.2, 0.25) is 5.91 Å². The first-order valence-electron chi connectivity index (χ1n) is 10.7. The van der Waals surface area contributed by atoms with Crippen molar-refractivity contribution in [2.45, 2.75) is 39.0 Å². The molecule has 0 radical (unpaired) electrons. The standard InChI is InChI=1S/C22H30N4O3/c1-16-7-11-25(12-8-16)20(28)17-3-5-18(6-4-17)24-21(29)26-10-2-9-22(15-26)13-19(27)23-14-22/h3-6,16H,2,7-15H2,1H3,(H,23,27)(H,24,29)/t22-/m1/s1. The minimum absolute atomic E-state index is 0.0612. The van der Waals surface area contributed by atoms with Crippen LogP contribution in [0.4, 0.5) is 10.5 Å². The summed E-state index contributed by atoms with van der Waals surface area (Å²) in [4.78, 5) is 40.7. The number of carbonyl (C=O) groups excluding carboxylic acids is 3. The van der Waals surface area contributed by atoms with E-state index in [9.17, 15) is 14.4 Å². The Morgan fingerprint density at radius 1 is 1.10 bits per heavy atom. The summed E-state index contributed by atoms with van der Waals surface area (Å²) in [7, 11) is 0. The van der Waals surface area contributed by atoms with E-state index >= 15 is 0 Å². The maximum Gasteiger partial charge on any atom is 0.321 e. The first-order chi connectivity index (χ1) is 13.9. The van der Waals surface area contributed by atoms with Gasteiger partial charge in [-0.2, -0.15) is 0 Å². The van der Waals surface area contributed by atoms with Gasteiger partial charge < -0.3 is 20.4 Å². The molecule has 2 N–H and O–H groups in total. The fourth-order valence-corrected chi connectivity index (χ4v) is 4.71. The predicted octanol–water partition coefficient (Wildman–Crippen LogP) is 2.69. The van der Waals surface area contributed by atoms with Crippen LogP contribution in [0.25, 0.3) is 0 Å². The van der Waals surface area contributed by atoms with Crippen LogP contribution in [0, 0.1) is 11.3 Å². The Morgan fingerprint density at radius 3 is 2.48 bits per heavy atom. The fourth-order valence-electron chi connectivity index (χ4n) is 4.71. The van der Waals surface area contributed by atoms with Crippen molar-refractivity contribution >= 4 is 23.5 Å². The summed E-state index contributed by atoms with van der Waals surface area (Å²) in [5.74, 6) is 0.825. The van der Waals surface area contributed by atoms with E-state index in [2.05, 4.69) is 17.6 Å². The summed E-state index contributed by atoms with van der Waals surface area (Å²) in [6.07, 6.45) is 4.49. The van der Waals surface area contributed by atoms with Gasteiger partial charge in [-0.1, -0.05) is 6.92 Å². The summed E-state index contributed by atoms with van der Waals surface area (Å²) in [6, 6.07) is 7.00. The minimum atomic E-state index is -0.146. The second-order valence-corrected chi connectivity index (χ2v) is 8.96. The quantitative estimate of drug-likeness (QED) is 0.804. The Morgan fingerprint density at radius 2 is 1.83 bits per heavy atom. The van der Waals surface area contributed by atoms with Crippen LogP contribution in [0.1, 0.15) is 49.4 Å². The van der Waals surface area contributed by atoms with E-state index < -0.39 is 0 Å². The SMILES string of the molecule is CC1CCN(C(=O)c2ccc(NC(=O)N3CCC[C@@]4(CNC(=O)C4)C3)cc2)CC1. The van der Waals surface area contributed by atoms with Crippen molar-refractivity contribution in [3.63, 3.8) is 0 Å². The highest BCUT2D eigenvalue weighted by atomic mass is 16.2. The van der Waals surface area contributed by atoms with Crippen molar-refractivity contribution < 1.29 is 14.4 Å².